The minimum atomic E-state index is -4.72. The van der Waals surface area contributed by atoms with E-state index in [1.54, 1.807) is 12.1 Å². The highest BCUT2D eigenvalue weighted by molar-refractivity contribution is 7.86. The maximum atomic E-state index is 12.3. The van der Waals surface area contributed by atoms with Crippen molar-refractivity contribution in [3.05, 3.63) is 95.8 Å². The molecule has 4 amide bonds. The third kappa shape index (κ3) is 11.5. The average molecular weight is 963 g/mol. The van der Waals surface area contributed by atoms with Crippen molar-refractivity contribution in [2.45, 2.75) is 125 Å². The predicted octanol–water partition coefficient (Wildman–Crippen LogP) is 5.90. The highest BCUT2D eigenvalue weighted by atomic mass is 32.2. The molecule has 67 heavy (non-hydrogen) atoms. The number of hydrogen-bond donors (Lipinski definition) is 1. The van der Waals surface area contributed by atoms with Crippen LogP contribution in [-0.4, -0.2) is 95.0 Å². The van der Waals surface area contributed by atoms with Crippen molar-refractivity contribution in [1.29, 1.82) is 0 Å². The first-order valence-electron chi connectivity index (χ1n) is 22.0. The van der Waals surface area contributed by atoms with Crippen molar-refractivity contribution in [1.82, 2.24) is 10.1 Å². The highest BCUT2D eigenvalue weighted by Gasteiger charge is 2.45. The van der Waals surface area contributed by atoms with E-state index in [4.69, 9.17) is 9.68 Å². The fraction of sp³-hybridized carbons (Fsp3) is 0.426. The van der Waals surface area contributed by atoms with Crippen LogP contribution in [0.2, 0.25) is 0 Å². The number of benzene rings is 2. The van der Waals surface area contributed by atoms with Gasteiger partial charge in [-0.2, -0.15) is 13.0 Å². The average Bonchev–Trinajstić information content (AvgIpc) is 3.89. The van der Waals surface area contributed by atoms with Gasteiger partial charge in [0, 0.05) is 86.0 Å². The van der Waals surface area contributed by atoms with Gasteiger partial charge in [-0.05, 0) is 81.5 Å². The lowest BCUT2D eigenvalue weighted by Gasteiger charge is -2.27. The number of allylic oxidation sites excluding steroid dienone is 8. The van der Waals surface area contributed by atoms with Gasteiger partial charge in [0.1, 0.15) is 16.7 Å². The highest BCUT2D eigenvalue weighted by Crippen LogP contribution is 2.48. The van der Waals surface area contributed by atoms with Gasteiger partial charge in [0.15, 0.2) is 5.71 Å². The number of rotatable bonds is 20. The van der Waals surface area contributed by atoms with Gasteiger partial charge in [-0.15, -0.1) is 10.1 Å². The number of nitrogens with zero attached hydrogens (tertiary/aromatic N) is 4. The lowest BCUT2D eigenvalue weighted by molar-refractivity contribution is -0.438. The lowest BCUT2D eigenvalue weighted by atomic mass is 9.81. The molecule has 2 aromatic rings. The topological polar surface area (TPSA) is 245 Å². The summed E-state index contributed by atoms with van der Waals surface area (Å²) >= 11 is 0. The first kappa shape index (κ1) is 50.3. The first-order chi connectivity index (χ1) is 31.5. The molecule has 0 saturated carbocycles. The number of hydrogen-bond acceptors (Lipinski definition) is 14. The Bertz CT molecular complexity index is 2720. The Balaban J connectivity index is 1.14. The molecule has 20 heteroatoms. The molecule has 0 unspecified atom stereocenters. The van der Waals surface area contributed by atoms with Gasteiger partial charge in [-0.3, -0.25) is 23.7 Å². The number of carbonyl (C=O) groups excluding carboxylic acids is 6. The summed E-state index contributed by atoms with van der Waals surface area (Å²) in [5.41, 5.74) is 3.15. The molecule has 0 aliphatic carbocycles. The third-order valence-corrected chi connectivity index (χ3v) is 13.9. The molecule has 358 valence electrons. The minimum absolute atomic E-state index is 0.00229. The largest absolute Gasteiger partial charge is 0.744 e. The van der Waals surface area contributed by atoms with Crippen LogP contribution in [0.4, 0.5) is 11.4 Å². The number of imide groups is 2. The summed E-state index contributed by atoms with van der Waals surface area (Å²) in [6.07, 6.45) is 16.3. The van der Waals surface area contributed by atoms with Crippen LogP contribution in [0.3, 0.4) is 0 Å². The SMILES string of the molecule is CC1(C)C(=C/C=C/C=C/C=C/C2=[N+](CCCCCC(=O)ON3C(=O)CCC3=O)c3ccc(S(=O)(=O)[O-])cc3C2(C)C)N(CCCCCC(=O)ON2C(=O)CCC2=O)c2ccc(S(=O)(=O)O)cc21. The Labute approximate surface area is 389 Å². The number of hydroxylamine groups is 4. The molecule has 1 N–H and O–H groups in total. The zero-order chi connectivity index (χ0) is 48.9. The van der Waals surface area contributed by atoms with Crippen LogP contribution in [0, 0.1) is 0 Å². The summed E-state index contributed by atoms with van der Waals surface area (Å²) in [5.74, 6) is -3.54. The van der Waals surface area contributed by atoms with Gasteiger partial charge < -0.3 is 19.1 Å². The van der Waals surface area contributed by atoms with Gasteiger partial charge in [0.25, 0.3) is 33.7 Å². The van der Waals surface area contributed by atoms with Crippen molar-refractivity contribution in [3.63, 3.8) is 0 Å². The second-order valence-corrected chi connectivity index (χ2v) is 20.4. The van der Waals surface area contributed by atoms with Gasteiger partial charge in [-0.1, -0.05) is 50.6 Å². The molecule has 4 aliphatic rings. The van der Waals surface area contributed by atoms with Crippen LogP contribution in [0.25, 0.3) is 0 Å². The van der Waals surface area contributed by atoms with Crippen LogP contribution in [0.15, 0.2) is 94.4 Å². The smallest absolute Gasteiger partial charge is 0.333 e. The van der Waals surface area contributed by atoms with E-state index in [-0.39, 0.29) is 48.3 Å². The number of anilines is 1. The van der Waals surface area contributed by atoms with Crippen LogP contribution >= 0.6 is 0 Å². The fourth-order valence-electron chi connectivity index (χ4n) is 8.64. The first-order valence-corrected chi connectivity index (χ1v) is 24.9. The van der Waals surface area contributed by atoms with Crippen LogP contribution in [-0.2, 0) is 69.5 Å². The summed E-state index contributed by atoms with van der Waals surface area (Å²) in [4.78, 5) is 83.3. The molecule has 2 aromatic carbocycles. The van der Waals surface area contributed by atoms with Crippen molar-refractivity contribution in [2.75, 3.05) is 18.0 Å². The molecule has 0 spiro atoms. The third-order valence-electron chi connectivity index (χ3n) is 12.2. The van der Waals surface area contributed by atoms with Crippen LogP contribution < -0.4 is 4.90 Å². The summed E-state index contributed by atoms with van der Waals surface area (Å²) in [7, 11) is -9.20. The Morgan fingerprint density at radius 1 is 0.687 bits per heavy atom. The maximum Gasteiger partial charge on any atom is 0.333 e. The fourth-order valence-corrected chi connectivity index (χ4v) is 9.64. The molecule has 2 fully saturated rings. The van der Waals surface area contributed by atoms with E-state index >= 15 is 0 Å². The van der Waals surface area contributed by atoms with E-state index in [0.717, 1.165) is 22.8 Å². The van der Waals surface area contributed by atoms with Crippen molar-refractivity contribution in [2.24, 2.45) is 0 Å². The second kappa shape index (κ2) is 20.4. The standard InChI is InChI=1S/C47H54N4O14S2/c1-46(2)34-30-32(66(58,59)60)20-22-36(34)48(28-14-8-12-18-44(56)64-50-40(52)24-25-41(50)53)38(46)16-10-6-5-7-11-17-39-47(3,4)35-31-33(67(61,62)63)21-23-37(35)49(39)29-15-9-13-19-45(57)65-51-42(54)26-27-43(51)55/h5-7,10-11,16-17,20-23,30-31H,8-9,12-15,18-19,24-29H2,1-4H3,(H-,58,59,60,61,62,63). The monoisotopic (exact) mass is 962 g/mol. The van der Waals surface area contributed by atoms with Gasteiger partial charge in [0.05, 0.1) is 15.2 Å². The molecule has 0 radical (unpaired) electrons. The van der Waals surface area contributed by atoms with E-state index < -0.39 is 66.6 Å². The van der Waals surface area contributed by atoms with E-state index in [2.05, 4.69) is 4.90 Å². The lowest BCUT2D eigenvalue weighted by Crippen LogP contribution is -2.32. The Morgan fingerprint density at radius 2 is 1.21 bits per heavy atom. The summed E-state index contributed by atoms with van der Waals surface area (Å²) in [6.45, 7) is 8.76. The molecular formula is C47H54N4O14S2. The Morgan fingerprint density at radius 3 is 1.78 bits per heavy atom. The van der Waals surface area contributed by atoms with E-state index in [9.17, 15) is 54.7 Å². The number of carbonyl (C=O) groups is 6. The van der Waals surface area contributed by atoms with Crippen LogP contribution in [0.5, 0.6) is 0 Å². The predicted molar refractivity (Wildman–Crippen MR) is 241 cm³/mol. The number of fused-ring (bicyclic) bond motifs is 2. The molecule has 6 rings (SSSR count). The normalized spacial score (nSPS) is 18.8. The number of unbranched alkanes of at least 4 members (excludes halogenated alkanes) is 4. The van der Waals surface area contributed by atoms with Crippen LogP contribution in [0.1, 0.15) is 116 Å². The second-order valence-electron chi connectivity index (χ2n) is 17.6. The Kier molecular flexibility index (Phi) is 15.3. The molecule has 0 aromatic heterocycles. The van der Waals surface area contributed by atoms with E-state index in [1.807, 2.05) is 74.8 Å². The minimum Gasteiger partial charge on any atom is -0.744 e. The molecule has 2 saturated heterocycles. The van der Waals surface area contributed by atoms with E-state index in [0.29, 0.717) is 72.9 Å². The van der Waals surface area contributed by atoms with Gasteiger partial charge in [-0.25, -0.2) is 18.0 Å². The number of amides is 4. The van der Waals surface area contributed by atoms with Crippen molar-refractivity contribution in [3.8, 4) is 0 Å². The summed E-state index contributed by atoms with van der Waals surface area (Å²) in [6, 6.07) is 8.78. The quantitative estimate of drug-likeness (QED) is 0.0534. The zero-order valence-corrected chi connectivity index (χ0v) is 39.4. The van der Waals surface area contributed by atoms with E-state index in [1.165, 1.54) is 24.3 Å². The van der Waals surface area contributed by atoms with Crippen molar-refractivity contribution < 1.29 is 69.0 Å². The summed E-state index contributed by atoms with van der Waals surface area (Å²) in [5, 5.41) is 1.05. The molecule has 0 atom stereocenters. The van der Waals surface area contributed by atoms with Gasteiger partial charge in [0.2, 0.25) is 5.69 Å². The molecule has 4 aliphatic heterocycles. The molecule has 18 nitrogen and oxygen atoms in total. The Hall–Kier alpha value is -6.09. The molecule has 4 heterocycles. The zero-order valence-electron chi connectivity index (χ0n) is 37.8. The molecular weight excluding hydrogens is 909 g/mol. The summed E-state index contributed by atoms with van der Waals surface area (Å²) < 4.78 is 72.0. The maximum absolute atomic E-state index is 12.3. The van der Waals surface area contributed by atoms with Gasteiger partial charge >= 0.3 is 11.9 Å². The van der Waals surface area contributed by atoms with Crippen molar-refractivity contribution >= 4 is 72.9 Å². The molecule has 0 bridgehead atoms.